The fourth-order valence-corrected chi connectivity index (χ4v) is 3.10. The van der Waals surface area contributed by atoms with Gasteiger partial charge in [0.1, 0.15) is 16.5 Å². The average molecular weight is 293 g/mol. The largest absolute Gasteiger partial charge is 0.224 e. The predicted octanol–water partition coefficient (Wildman–Crippen LogP) is 4.77. The van der Waals surface area contributed by atoms with Crippen LogP contribution in [0.15, 0.2) is 24.3 Å². The van der Waals surface area contributed by atoms with Crippen LogP contribution in [0.25, 0.3) is 21.6 Å². The zero-order chi connectivity index (χ0) is 13.6. The predicted molar refractivity (Wildman–Crippen MR) is 77.3 cm³/mol. The molecule has 3 aromatic rings. The van der Waals surface area contributed by atoms with Crippen LogP contribution in [0.3, 0.4) is 0 Å². The number of hydrogen-bond donors (Lipinski definition) is 0. The molecule has 2 nitrogen and oxygen atoms in total. The van der Waals surface area contributed by atoms with Gasteiger partial charge in [0.15, 0.2) is 5.82 Å². The summed E-state index contributed by atoms with van der Waals surface area (Å²) in [6.45, 7) is 3.87. The molecule has 2 heterocycles. The van der Waals surface area contributed by atoms with Crippen LogP contribution >= 0.6 is 22.9 Å². The molecule has 0 fully saturated rings. The molecule has 5 heteroatoms. The SMILES string of the molecule is Cc1ccc(-c2nc(Cl)c3c(C)ccc(F)c3n2)s1. The summed E-state index contributed by atoms with van der Waals surface area (Å²) in [6, 6.07) is 6.99. The number of benzene rings is 1. The maximum absolute atomic E-state index is 13.9. The quantitative estimate of drug-likeness (QED) is 0.604. The molecule has 96 valence electrons. The Morgan fingerprint density at radius 3 is 2.58 bits per heavy atom. The van der Waals surface area contributed by atoms with Crippen molar-refractivity contribution in [3.63, 3.8) is 0 Å². The van der Waals surface area contributed by atoms with Crippen LogP contribution in [-0.2, 0) is 0 Å². The van der Waals surface area contributed by atoms with Crippen molar-refractivity contribution in [3.8, 4) is 10.7 Å². The van der Waals surface area contributed by atoms with Crippen molar-refractivity contribution < 1.29 is 4.39 Å². The molecule has 0 aliphatic heterocycles. The minimum atomic E-state index is -0.376. The van der Waals surface area contributed by atoms with Gasteiger partial charge in [-0.05, 0) is 37.6 Å². The van der Waals surface area contributed by atoms with Crippen molar-refractivity contribution in [1.82, 2.24) is 9.97 Å². The van der Waals surface area contributed by atoms with Gasteiger partial charge in [0.05, 0.1) is 4.88 Å². The van der Waals surface area contributed by atoms with E-state index in [2.05, 4.69) is 9.97 Å². The average Bonchev–Trinajstić information content (AvgIpc) is 2.80. The second-order valence-corrected chi connectivity index (χ2v) is 5.98. The van der Waals surface area contributed by atoms with Gasteiger partial charge < -0.3 is 0 Å². The van der Waals surface area contributed by atoms with Crippen molar-refractivity contribution in [2.75, 3.05) is 0 Å². The third kappa shape index (κ3) is 2.11. The van der Waals surface area contributed by atoms with E-state index in [9.17, 15) is 4.39 Å². The zero-order valence-corrected chi connectivity index (χ0v) is 11.9. The summed E-state index contributed by atoms with van der Waals surface area (Å²) in [5.74, 6) is 0.0968. The normalized spacial score (nSPS) is 11.2. The smallest absolute Gasteiger partial charge is 0.171 e. The maximum Gasteiger partial charge on any atom is 0.171 e. The molecule has 0 saturated heterocycles. The van der Waals surface area contributed by atoms with E-state index in [0.29, 0.717) is 16.4 Å². The molecular weight excluding hydrogens is 283 g/mol. The van der Waals surface area contributed by atoms with Gasteiger partial charge in [-0.25, -0.2) is 14.4 Å². The van der Waals surface area contributed by atoms with Crippen molar-refractivity contribution >= 4 is 33.8 Å². The van der Waals surface area contributed by atoms with Crippen molar-refractivity contribution in [2.45, 2.75) is 13.8 Å². The van der Waals surface area contributed by atoms with Gasteiger partial charge in [-0.1, -0.05) is 17.7 Å². The summed E-state index contributed by atoms with van der Waals surface area (Å²) in [5, 5.41) is 0.877. The number of aryl methyl sites for hydroxylation is 2. The Morgan fingerprint density at radius 1 is 1.11 bits per heavy atom. The van der Waals surface area contributed by atoms with Crippen molar-refractivity contribution in [1.29, 1.82) is 0 Å². The van der Waals surface area contributed by atoms with E-state index in [0.717, 1.165) is 15.3 Å². The molecule has 0 aliphatic carbocycles. The number of halogens is 2. The summed E-state index contributed by atoms with van der Waals surface area (Å²) in [4.78, 5) is 10.6. The lowest BCUT2D eigenvalue weighted by molar-refractivity contribution is 0.636. The summed E-state index contributed by atoms with van der Waals surface area (Å²) < 4.78 is 13.9. The molecule has 0 spiro atoms. The first-order valence-corrected chi connectivity index (χ1v) is 6.95. The van der Waals surface area contributed by atoms with Crippen LogP contribution in [0.2, 0.25) is 5.15 Å². The van der Waals surface area contributed by atoms with Crippen LogP contribution in [0, 0.1) is 19.7 Å². The zero-order valence-electron chi connectivity index (χ0n) is 10.4. The Hall–Kier alpha value is -1.52. The van der Waals surface area contributed by atoms with Crippen molar-refractivity contribution in [2.24, 2.45) is 0 Å². The Morgan fingerprint density at radius 2 is 1.89 bits per heavy atom. The standard InChI is InChI=1S/C14H10ClFN2S/c1-7-3-5-9(16)12-11(7)13(15)18-14(17-12)10-6-4-8(2)19-10/h3-6H,1-2H3. The molecule has 0 amide bonds. The molecule has 0 atom stereocenters. The highest BCUT2D eigenvalue weighted by Gasteiger charge is 2.14. The van der Waals surface area contributed by atoms with Crippen LogP contribution in [-0.4, -0.2) is 9.97 Å². The summed E-state index contributed by atoms with van der Waals surface area (Å²) >= 11 is 7.75. The number of hydrogen-bond acceptors (Lipinski definition) is 3. The van der Waals surface area contributed by atoms with Gasteiger partial charge in [0, 0.05) is 10.3 Å². The van der Waals surface area contributed by atoms with E-state index in [1.54, 1.807) is 17.4 Å². The van der Waals surface area contributed by atoms with Crippen LogP contribution < -0.4 is 0 Å². The van der Waals surface area contributed by atoms with Crippen molar-refractivity contribution in [3.05, 3.63) is 45.7 Å². The number of fused-ring (bicyclic) bond motifs is 1. The van der Waals surface area contributed by atoms with Gasteiger partial charge >= 0.3 is 0 Å². The minimum Gasteiger partial charge on any atom is -0.224 e. The molecule has 2 aromatic heterocycles. The molecular formula is C14H10ClFN2S. The Balaban J connectivity index is 2.33. The van der Waals surface area contributed by atoms with Gasteiger partial charge in [-0.3, -0.25) is 0 Å². The number of nitrogens with zero attached hydrogens (tertiary/aromatic N) is 2. The summed E-state index contributed by atoms with van der Waals surface area (Å²) in [5.41, 5.74) is 1.15. The second kappa shape index (κ2) is 4.54. The third-order valence-electron chi connectivity index (χ3n) is 2.93. The maximum atomic E-state index is 13.9. The minimum absolute atomic E-state index is 0.279. The Labute approximate surface area is 118 Å². The molecule has 0 aliphatic rings. The highest BCUT2D eigenvalue weighted by Crippen LogP contribution is 2.31. The van der Waals surface area contributed by atoms with E-state index in [1.165, 1.54) is 6.07 Å². The van der Waals surface area contributed by atoms with Crippen LogP contribution in [0.5, 0.6) is 0 Å². The first kappa shape index (κ1) is 12.5. The van der Waals surface area contributed by atoms with E-state index < -0.39 is 0 Å². The molecule has 0 radical (unpaired) electrons. The lowest BCUT2D eigenvalue weighted by atomic mass is 10.1. The molecule has 19 heavy (non-hydrogen) atoms. The molecule has 3 rings (SSSR count). The molecule has 0 bridgehead atoms. The number of rotatable bonds is 1. The van der Waals surface area contributed by atoms with Crippen LogP contribution in [0.4, 0.5) is 4.39 Å². The highest BCUT2D eigenvalue weighted by molar-refractivity contribution is 7.15. The topological polar surface area (TPSA) is 25.8 Å². The molecule has 0 unspecified atom stereocenters. The van der Waals surface area contributed by atoms with Gasteiger partial charge in [0.25, 0.3) is 0 Å². The van der Waals surface area contributed by atoms with Gasteiger partial charge in [0.2, 0.25) is 0 Å². The van der Waals surface area contributed by atoms with Gasteiger partial charge in [-0.15, -0.1) is 11.3 Å². The fourth-order valence-electron chi connectivity index (χ4n) is 1.98. The van der Waals surface area contributed by atoms with E-state index in [1.807, 2.05) is 26.0 Å². The van der Waals surface area contributed by atoms with Crippen LogP contribution in [0.1, 0.15) is 10.4 Å². The first-order valence-electron chi connectivity index (χ1n) is 5.75. The Bertz CT molecular complexity index is 782. The Kier molecular flexibility index (Phi) is 2.99. The molecule has 0 N–H and O–H groups in total. The second-order valence-electron chi connectivity index (χ2n) is 4.34. The highest BCUT2D eigenvalue weighted by atomic mass is 35.5. The van der Waals surface area contributed by atoms with Gasteiger partial charge in [-0.2, -0.15) is 0 Å². The third-order valence-corrected chi connectivity index (χ3v) is 4.20. The lowest BCUT2D eigenvalue weighted by Crippen LogP contribution is -1.94. The van der Waals surface area contributed by atoms with E-state index >= 15 is 0 Å². The molecule has 0 saturated carbocycles. The van der Waals surface area contributed by atoms with E-state index in [-0.39, 0.29) is 11.3 Å². The van der Waals surface area contributed by atoms with E-state index in [4.69, 9.17) is 11.6 Å². The summed E-state index contributed by atoms with van der Waals surface area (Å²) in [7, 11) is 0. The number of aromatic nitrogens is 2. The fraction of sp³-hybridized carbons (Fsp3) is 0.143. The monoisotopic (exact) mass is 292 g/mol. The lowest BCUT2D eigenvalue weighted by Gasteiger charge is -2.06. The first-order chi connectivity index (χ1) is 9.06. The molecule has 1 aromatic carbocycles. The number of thiophene rings is 1. The summed E-state index contributed by atoms with van der Waals surface area (Å²) in [6.07, 6.45) is 0.